The Kier molecular flexibility index (Phi) is 8.75. The monoisotopic (exact) mass is 383 g/mol. The van der Waals surface area contributed by atoms with Gasteiger partial charge in [-0.3, -0.25) is 0 Å². The lowest BCUT2D eigenvalue weighted by molar-refractivity contribution is -0.134. The van der Waals surface area contributed by atoms with Gasteiger partial charge in [0.1, 0.15) is 11.9 Å². The van der Waals surface area contributed by atoms with Crippen molar-refractivity contribution >= 4 is 11.9 Å². The Bertz CT molecular complexity index is 767. The zero-order valence-corrected chi connectivity index (χ0v) is 15.6. The molecule has 0 atom stereocenters. The molecule has 3 rings (SSSR count). The summed E-state index contributed by atoms with van der Waals surface area (Å²) in [6.07, 6.45) is 4.60. The van der Waals surface area contributed by atoms with Gasteiger partial charge in [-0.2, -0.15) is 0 Å². The maximum absolute atomic E-state index is 9.55. The minimum Gasteiger partial charge on any atom is -0.490 e. The number of carboxylic acid groups (broad SMARTS) is 2. The molecule has 0 saturated carbocycles. The smallest absolute Gasteiger partial charge is 0.328 e. The number of hydrogen-bond donors (Lipinski definition) is 3. The Balaban J connectivity index is 0.000000300. The number of carboxylic acids is 2. The Morgan fingerprint density at radius 3 is 2.11 bits per heavy atom. The number of nitrogens with one attached hydrogen (secondary N) is 1. The summed E-state index contributed by atoms with van der Waals surface area (Å²) in [6.45, 7) is 2.12. The first kappa shape index (κ1) is 21.2. The van der Waals surface area contributed by atoms with Gasteiger partial charge in [0.05, 0.1) is 0 Å². The van der Waals surface area contributed by atoms with Crippen molar-refractivity contribution in [3.05, 3.63) is 77.9 Å². The SMILES string of the molecule is O=C(O)/C=C/C(=O)O.c1ccc(Cc2ccccc2OC2CCNCC2)cc1. The summed E-state index contributed by atoms with van der Waals surface area (Å²) in [4.78, 5) is 19.1. The third-order valence-corrected chi connectivity index (χ3v) is 4.16. The minimum absolute atomic E-state index is 0.355. The van der Waals surface area contributed by atoms with Gasteiger partial charge in [-0.1, -0.05) is 48.5 Å². The van der Waals surface area contributed by atoms with Gasteiger partial charge in [-0.05, 0) is 43.1 Å². The zero-order chi connectivity index (χ0) is 20.2. The molecular formula is C22H25NO5. The molecule has 0 bridgehead atoms. The maximum atomic E-state index is 9.55. The summed E-state index contributed by atoms with van der Waals surface area (Å²) >= 11 is 0. The first-order valence-corrected chi connectivity index (χ1v) is 9.17. The maximum Gasteiger partial charge on any atom is 0.328 e. The Morgan fingerprint density at radius 1 is 0.929 bits per heavy atom. The van der Waals surface area contributed by atoms with E-state index in [0.717, 1.165) is 38.1 Å². The van der Waals surface area contributed by atoms with Gasteiger partial charge >= 0.3 is 11.9 Å². The van der Waals surface area contributed by atoms with Crippen LogP contribution in [0.4, 0.5) is 0 Å². The van der Waals surface area contributed by atoms with Crippen LogP contribution in [0, 0.1) is 0 Å². The van der Waals surface area contributed by atoms with Crippen LogP contribution in [0.25, 0.3) is 0 Å². The Morgan fingerprint density at radius 2 is 1.50 bits per heavy atom. The molecule has 1 heterocycles. The standard InChI is InChI=1S/C18H21NO.C4H4O4/c1-2-6-15(7-3-1)14-16-8-4-5-9-18(16)20-17-10-12-19-13-11-17;5-3(6)1-2-4(7)8/h1-9,17,19H,10-14H2;1-2H,(H,5,6)(H,7,8)/b;2-1+. The fourth-order valence-corrected chi connectivity index (χ4v) is 2.82. The van der Waals surface area contributed by atoms with E-state index in [0.29, 0.717) is 18.3 Å². The molecule has 0 amide bonds. The summed E-state index contributed by atoms with van der Waals surface area (Å²) in [5.41, 5.74) is 2.60. The lowest BCUT2D eigenvalue weighted by Gasteiger charge is -2.25. The number of carbonyl (C=O) groups is 2. The highest BCUT2D eigenvalue weighted by Crippen LogP contribution is 2.24. The molecule has 1 saturated heterocycles. The van der Waals surface area contributed by atoms with Gasteiger partial charge in [0.25, 0.3) is 0 Å². The van der Waals surface area contributed by atoms with E-state index in [1.807, 2.05) is 0 Å². The van der Waals surface area contributed by atoms with Crippen molar-refractivity contribution in [3.63, 3.8) is 0 Å². The van der Waals surface area contributed by atoms with Crippen molar-refractivity contribution in [3.8, 4) is 5.75 Å². The normalized spacial score (nSPS) is 14.1. The van der Waals surface area contributed by atoms with Crippen LogP contribution in [-0.4, -0.2) is 41.3 Å². The van der Waals surface area contributed by atoms with E-state index in [1.165, 1.54) is 11.1 Å². The summed E-state index contributed by atoms with van der Waals surface area (Å²) in [7, 11) is 0. The van der Waals surface area contributed by atoms with Gasteiger partial charge in [0.2, 0.25) is 0 Å². The van der Waals surface area contributed by atoms with E-state index >= 15 is 0 Å². The molecule has 28 heavy (non-hydrogen) atoms. The second-order valence-electron chi connectivity index (χ2n) is 6.35. The molecule has 2 aromatic carbocycles. The highest BCUT2D eigenvalue weighted by atomic mass is 16.5. The summed E-state index contributed by atoms with van der Waals surface area (Å²) in [5, 5.41) is 19.0. The Hall–Kier alpha value is -3.12. The molecule has 0 spiro atoms. The third-order valence-electron chi connectivity index (χ3n) is 4.16. The first-order valence-electron chi connectivity index (χ1n) is 9.17. The number of rotatable bonds is 6. The number of hydrogen-bond acceptors (Lipinski definition) is 4. The topological polar surface area (TPSA) is 95.9 Å². The summed E-state index contributed by atoms with van der Waals surface area (Å²) < 4.78 is 6.22. The van der Waals surface area contributed by atoms with Crippen LogP contribution < -0.4 is 10.1 Å². The third kappa shape index (κ3) is 8.05. The predicted molar refractivity (Wildman–Crippen MR) is 107 cm³/mol. The number of ether oxygens (including phenoxy) is 1. The fraction of sp³-hybridized carbons (Fsp3) is 0.273. The molecule has 2 aromatic rings. The fourth-order valence-electron chi connectivity index (χ4n) is 2.82. The van der Waals surface area contributed by atoms with Gasteiger partial charge in [-0.15, -0.1) is 0 Å². The van der Waals surface area contributed by atoms with E-state index in [1.54, 1.807) is 0 Å². The highest BCUT2D eigenvalue weighted by molar-refractivity contribution is 5.89. The van der Waals surface area contributed by atoms with E-state index in [-0.39, 0.29) is 0 Å². The highest BCUT2D eigenvalue weighted by Gasteiger charge is 2.15. The molecule has 0 unspecified atom stereocenters. The number of piperidine rings is 1. The van der Waals surface area contributed by atoms with E-state index in [4.69, 9.17) is 14.9 Å². The molecule has 0 radical (unpaired) electrons. The minimum atomic E-state index is -1.26. The quantitative estimate of drug-likeness (QED) is 0.664. The average molecular weight is 383 g/mol. The number of para-hydroxylation sites is 1. The van der Waals surface area contributed by atoms with Crippen molar-refractivity contribution in [1.82, 2.24) is 5.32 Å². The lowest BCUT2D eigenvalue weighted by Crippen LogP contribution is -2.34. The second kappa shape index (κ2) is 11.6. The van der Waals surface area contributed by atoms with Crippen LogP contribution in [-0.2, 0) is 16.0 Å². The van der Waals surface area contributed by atoms with Crippen molar-refractivity contribution in [2.75, 3.05) is 13.1 Å². The first-order chi connectivity index (χ1) is 13.5. The summed E-state index contributed by atoms with van der Waals surface area (Å²) in [5.74, 6) is -1.47. The largest absolute Gasteiger partial charge is 0.490 e. The van der Waals surface area contributed by atoms with Crippen LogP contribution in [0.2, 0.25) is 0 Å². The van der Waals surface area contributed by atoms with Crippen LogP contribution in [0.1, 0.15) is 24.0 Å². The van der Waals surface area contributed by atoms with Crippen molar-refractivity contribution < 1.29 is 24.5 Å². The van der Waals surface area contributed by atoms with Gasteiger partial charge in [-0.25, -0.2) is 9.59 Å². The van der Waals surface area contributed by atoms with Crippen molar-refractivity contribution in [2.45, 2.75) is 25.4 Å². The number of aliphatic carboxylic acids is 2. The molecule has 1 aliphatic heterocycles. The lowest BCUT2D eigenvalue weighted by atomic mass is 10.0. The Labute approximate surface area is 164 Å². The van der Waals surface area contributed by atoms with Gasteiger partial charge in [0, 0.05) is 18.6 Å². The van der Waals surface area contributed by atoms with Crippen molar-refractivity contribution in [2.24, 2.45) is 0 Å². The molecule has 0 aliphatic carbocycles. The zero-order valence-electron chi connectivity index (χ0n) is 15.6. The van der Waals surface area contributed by atoms with Crippen LogP contribution >= 0.6 is 0 Å². The van der Waals surface area contributed by atoms with Crippen molar-refractivity contribution in [1.29, 1.82) is 0 Å². The van der Waals surface area contributed by atoms with E-state index < -0.39 is 11.9 Å². The molecule has 3 N–H and O–H groups in total. The van der Waals surface area contributed by atoms with E-state index in [9.17, 15) is 9.59 Å². The molecule has 6 heteroatoms. The average Bonchev–Trinajstić information content (AvgIpc) is 2.70. The molecule has 1 fully saturated rings. The molecule has 148 valence electrons. The predicted octanol–water partition coefficient (Wildman–Crippen LogP) is 3.12. The van der Waals surface area contributed by atoms with Crippen LogP contribution in [0.5, 0.6) is 5.75 Å². The van der Waals surface area contributed by atoms with E-state index in [2.05, 4.69) is 59.9 Å². The molecule has 1 aliphatic rings. The van der Waals surface area contributed by atoms with Crippen LogP contribution in [0.3, 0.4) is 0 Å². The van der Waals surface area contributed by atoms with Crippen LogP contribution in [0.15, 0.2) is 66.7 Å². The molecule has 6 nitrogen and oxygen atoms in total. The van der Waals surface area contributed by atoms with Gasteiger partial charge < -0.3 is 20.3 Å². The second-order valence-corrected chi connectivity index (χ2v) is 6.35. The molecule has 0 aromatic heterocycles. The molecular weight excluding hydrogens is 358 g/mol. The number of benzene rings is 2. The van der Waals surface area contributed by atoms with Gasteiger partial charge in [0.15, 0.2) is 0 Å². The summed E-state index contributed by atoms with van der Waals surface area (Å²) in [6, 6.07) is 19.0.